The quantitative estimate of drug-likeness (QED) is 0.572. The average Bonchev–Trinajstić information content (AvgIpc) is 2.61. The minimum atomic E-state index is -0.758. The fraction of sp³-hybridized carbons (Fsp3) is 0.0556. The van der Waals surface area contributed by atoms with Crippen LogP contribution in [0.15, 0.2) is 64.5 Å². The highest BCUT2D eigenvalue weighted by Gasteiger charge is 2.20. The molecule has 3 aromatic rings. The van der Waals surface area contributed by atoms with Gasteiger partial charge in [-0.15, -0.1) is 0 Å². The van der Waals surface area contributed by atoms with Crippen LogP contribution in [0.2, 0.25) is 0 Å². The number of hydrogen-bond donors (Lipinski definition) is 2. The zero-order chi connectivity index (χ0) is 17.1. The molecule has 1 aromatic heterocycles. The fourth-order valence-electron chi connectivity index (χ4n) is 2.44. The number of carbonyl (C=O) groups is 1. The molecule has 24 heavy (non-hydrogen) atoms. The van der Waals surface area contributed by atoms with E-state index in [1.54, 1.807) is 31.3 Å². The average molecular weight is 321 g/mol. The molecule has 0 aliphatic rings. The lowest BCUT2D eigenvalue weighted by molar-refractivity contribution is 0.0950. The van der Waals surface area contributed by atoms with Crippen molar-refractivity contribution in [3.8, 4) is 5.75 Å². The second-order valence-electron chi connectivity index (χ2n) is 5.21. The van der Waals surface area contributed by atoms with Crippen LogP contribution in [0.1, 0.15) is 15.9 Å². The van der Waals surface area contributed by atoms with E-state index in [0.717, 1.165) is 5.56 Å². The van der Waals surface area contributed by atoms with Crippen molar-refractivity contribution in [3.63, 3.8) is 0 Å². The van der Waals surface area contributed by atoms with Gasteiger partial charge in [-0.1, -0.05) is 42.5 Å². The SMILES string of the molecule is Cn1c(=O)c(C(=O)N/N=C/c2ccccc2)c(O)c2ccccc21. The molecule has 1 heterocycles. The van der Waals surface area contributed by atoms with Crippen molar-refractivity contribution < 1.29 is 9.90 Å². The van der Waals surface area contributed by atoms with E-state index >= 15 is 0 Å². The molecule has 0 aliphatic heterocycles. The maximum atomic E-state index is 12.4. The lowest BCUT2D eigenvalue weighted by Crippen LogP contribution is -2.30. The molecule has 6 heteroatoms. The van der Waals surface area contributed by atoms with Crippen molar-refractivity contribution in [1.82, 2.24) is 9.99 Å². The highest BCUT2D eigenvalue weighted by molar-refractivity contribution is 6.02. The number of nitrogens with zero attached hydrogens (tertiary/aromatic N) is 2. The normalized spacial score (nSPS) is 11.0. The summed E-state index contributed by atoms with van der Waals surface area (Å²) in [5.74, 6) is -1.10. The zero-order valence-corrected chi connectivity index (χ0v) is 12.9. The smallest absolute Gasteiger partial charge is 0.280 e. The summed E-state index contributed by atoms with van der Waals surface area (Å²) >= 11 is 0. The van der Waals surface area contributed by atoms with E-state index in [9.17, 15) is 14.7 Å². The number of para-hydroxylation sites is 1. The molecular weight excluding hydrogens is 306 g/mol. The van der Waals surface area contributed by atoms with Crippen molar-refractivity contribution in [2.24, 2.45) is 12.1 Å². The van der Waals surface area contributed by atoms with Gasteiger partial charge in [-0.3, -0.25) is 9.59 Å². The van der Waals surface area contributed by atoms with Gasteiger partial charge in [0.25, 0.3) is 11.5 Å². The molecule has 0 radical (unpaired) electrons. The molecule has 0 spiro atoms. The van der Waals surface area contributed by atoms with Crippen LogP contribution in [0.3, 0.4) is 0 Å². The first-order chi connectivity index (χ1) is 11.6. The summed E-state index contributed by atoms with van der Waals surface area (Å²) in [7, 11) is 1.55. The number of benzene rings is 2. The van der Waals surface area contributed by atoms with Gasteiger partial charge >= 0.3 is 0 Å². The third-order valence-electron chi connectivity index (χ3n) is 3.68. The molecule has 2 N–H and O–H groups in total. The Morgan fingerprint density at radius 2 is 1.79 bits per heavy atom. The summed E-state index contributed by atoms with van der Waals surface area (Å²) < 4.78 is 1.32. The second-order valence-corrected chi connectivity index (χ2v) is 5.21. The van der Waals surface area contributed by atoms with E-state index in [1.807, 2.05) is 30.3 Å². The van der Waals surface area contributed by atoms with Crippen molar-refractivity contribution >= 4 is 23.0 Å². The molecule has 6 nitrogen and oxygen atoms in total. The number of aromatic hydroxyl groups is 1. The summed E-state index contributed by atoms with van der Waals surface area (Å²) in [5.41, 5.74) is 2.71. The van der Waals surface area contributed by atoms with Crippen molar-refractivity contribution in [1.29, 1.82) is 0 Å². The van der Waals surface area contributed by atoms with Gasteiger partial charge < -0.3 is 9.67 Å². The van der Waals surface area contributed by atoms with E-state index in [1.165, 1.54) is 10.8 Å². The molecular formula is C18H15N3O3. The Balaban J connectivity index is 1.96. The van der Waals surface area contributed by atoms with Gasteiger partial charge in [0.15, 0.2) is 0 Å². The minimum Gasteiger partial charge on any atom is -0.506 e. The van der Waals surface area contributed by atoms with Crippen molar-refractivity contribution in [3.05, 3.63) is 76.1 Å². The topological polar surface area (TPSA) is 83.7 Å². The Bertz CT molecular complexity index is 992. The van der Waals surface area contributed by atoms with Gasteiger partial charge in [0.2, 0.25) is 0 Å². The van der Waals surface area contributed by atoms with Crippen LogP contribution >= 0.6 is 0 Å². The van der Waals surface area contributed by atoms with Crippen molar-refractivity contribution in [2.75, 3.05) is 0 Å². The number of aryl methyl sites for hydroxylation is 1. The number of rotatable bonds is 3. The Kier molecular flexibility index (Phi) is 4.11. The van der Waals surface area contributed by atoms with Gasteiger partial charge in [-0.25, -0.2) is 5.43 Å². The van der Waals surface area contributed by atoms with E-state index in [2.05, 4.69) is 10.5 Å². The number of aromatic nitrogens is 1. The molecule has 2 aromatic carbocycles. The predicted octanol–water partition coefficient (Wildman–Crippen LogP) is 2.01. The van der Waals surface area contributed by atoms with Crippen LogP contribution in [0.25, 0.3) is 10.9 Å². The van der Waals surface area contributed by atoms with Gasteiger partial charge in [-0.2, -0.15) is 5.10 Å². The first-order valence-electron chi connectivity index (χ1n) is 7.28. The first kappa shape index (κ1) is 15.5. The number of hydrazone groups is 1. The van der Waals surface area contributed by atoms with Gasteiger partial charge in [-0.05, 0) is 17.7 Å². The number of hydrogen-bond acceptors (Lipinski definition) is 4. The molecule has 0 bridgehead atoms. The number of carbonyl (C=O) groups excluding carboxylic acids is 1. The summed E-state index contributed by atoms with van der Waals surface area (Å²) in [6.45, 7) is 0. The van der Waals surface area contributed by atoms with Gasteiger partial charge in [0.1, 0.15) is 11.3 Å². The van der Waals surface area contributed by atoms with Crippen LogP contribution in [0.5, 0.6) is 5.75 Å². The molecule has 0 saturated heterocycles. The summed E-state index contributed by atoms with van der Waals surface area (Å²) in [6.07, 6.45) is 1.46. The predicted molar refractivity (Wildman–Crippen MR) is 92.4 cm³/mol. The maximum Gasteiger partial charge on any atom is 0.280 e. The number of nitrogens with one attached hydrogen (secondary N) is 1. The first-order valence-corrected chi connectivity index (χ1v) is 7.28. The third kappa shape index (κ3) is 2.77. The van der Waals surface area contributed by atoms with E-state index in [-0.39, 0.29) is 11.3 Å². The summed E-state index contributed by atoms with van der Waals surface area (Å²) in [6, 6.07) is 16.0. The summed E-state index contributed by atoms with van der Waals surface area (Å²) in [5, 5.41) is 14.6. The summed E-state index contributed by atoms with van der Waals surface area (Å²) in [4.78, 5) is 24.6. The molecule has 0 unspecified atom stereocenters. The van der Waals surface area contributed by atoms with Gasteiger partial charge in [0, 0.05) is 12.4 Å². The Morgan fingerprint density at radius 1 is 1.12 bits per heavy atom. The molecule has 0 aliphatic carbocycles. The van der Waals surface area contributed by atoms with E-state index in [4.69, 9.17) is 0 Å². The van der Waals surface area contributed by atoms with Gasteiger partial charge in [0.05, 0.1) is 11.7 Å². The molecule has 0 fully saturated rings. The highest BCUT2D eigenvalue weighted by atomic mass is 16.3. The molecule has 0 saturated carbocycles. The molecule has 3 rings (SSSR count). The lowest BCUT2D eigenvalue weighted by Gasteiger charge is -2.10. The highest BCUT2D eigenvalue weighted by Crippen LogP contribution is 2.25. The Hall–Kier alpha value is -3.41. The van der Waals surface area contributed by atoms with Crippen LogP contribution in [0.4, 0.5) is 0 Å². The van der Waals surface area contributed by atoms with Crippen LogP contribution in [-0.4, -0.2) is 21.8 Å². The lowest BCUT2D eigenvalue weighted by atomic mass is 10.1. The third-order valence-corrected chi connectivity index (χ3v) is 3.68. The number of pyridine rings is 1. The molecule has 120 valence electrons. The van der Waals surface area contributed by atoms with Crippen LogP contribution < -0.4 is 11.0 Å². The second kappa shape index (κ2) is 6.37. The van der Waals surface area contributed by atoms with Crippen LogP contribution in [-0.2, 0) is 7.05 Å². The monoisotopic (exact) mass is 321 g/mol. The molecule has 1 amide bonds. The number of fused-ring (bicyclic) bond motifs is 1. The molecule has 0 atom stereocenters. The Labute approximate surface area is 137 Å². The van der Waals surface area contributed by atoms with E-state index < -0.39 is 11.5 Å². The van der Waals surface area contributed by atoms with Crippen molar-refractivity contribution in [2.45, 2.75) is 0 Å². The Morgan fingerprint density at radius 3 is 2.54 bits per heavy atom. The fourth-order valence-corrected chi connectivity index (χ4v) is 2.44. The standard InChI is InChI=1S/C18H15N3O3/c1-21-14-10-6-5-9-13(14)16(22)15(18(21)24)17(23)20-19-11-12-7-3-2-4-8-12/h2-11,22H,1H3,(H,20,23)/b19-11+. The zero-order valence-electron chi connectivity index (χ0n) is 12.9. The number of amides is 1. The minimum absolute atomic E-state index is 0.332. The largest absolute Gasteiger partial charge is 0.506 e. The maximum absolute atomic E-state index is 12.4. The van der Waals surface area contributed by atoms with Crippen LogP contribution in [0, 0.1) is 0 Å². The van der Waals surface area contributed by atoms with E-state index in [0.29, 0.717) is 10.9 Å².